The van der Waals surface area contributed by atoms with E-state index in [9.17, 15) is 13.0 Å². The topological polar surface area (TPSA) is 57.2 Å². The van der Waals surface area contributed by atoms with Gasteiger partial charge in [0.25, 0.3) is 0 Å². The van der Waals surface area contributed by atoms with Crippen LogP contribution < -0.4 is 29.6 Å². The Kier molecular flexibility index (Phi) is 8.08. The molecule has 0 aliphatic rings. The van der Waals surface area contributed by atoms with Crippen molar-refractivity contribution < 1.29 is 42.5 Å². The molecule has 0 fully saturated rings. The minimum absolute atomic E-state index is 0. The third-order valence-corrected chi connectivity index (χ3v) is 4.69. The van der Waals surface area contributed by atoms with E-state index >= 15 is 0 Å². The van der Waals surface area contributed by atoms with E-state index in [1.807, 2.05) is 12.1 Å². The molecule has 0 aliphatic carbocycles. The molecule has 0 amide bonds. The molecule has 0 N–H and O–H groups in total. The van der Waals surface area contributed by atoms with E-state index in [1.165, 1.54) is 31.7 Å². The van der Waals surface area contributed by atoms with E-state index in [2.05, 4.69) is 6.92 Å². The smallest absolute Gasteiger partial charge is 0.744 e. The summed E-state index contributed by atoms with van der Waals surface area (Å²) in [5.74, 6) is 0. The van der Waals surface area contributed by atoms with Crippen LogP contribution in [0.3, 0.4) is 0 Å². The first-order valence-electron chi connectivity index (χ1n) is 7.50. The van der Waals surface area contributed by atoms with Crippen LogP contribution >= 0.6 is 0 Å². The second kappa shape index (κ2) is 9.04. The largest absolute Gasteiger partial charge is 1.00 e. The van der Waals surface area contributed by atoms with Crippen LogP contribution in [0, 0.1) is 0 Å². The molecule has 0 radical (unpaired) electrons. The van der Waals surface area contributed by atoms with Gasteiger partial charge in [0.1, 0.15) is 10.1 Å². The number of rotatable bonds is 7. The van der Waals surface area contributed by atoms with E-state index in [1.54, 1.807) is 18.2 Å². The van der Waals surface area contributed by atoms with Crippen molar-refractivity contribution in [3.05, 3.63) is 42.0 Å². The maximum Gasteiger partial charge on any atom is 1.00 e. The van der Waals surface area contributed by atoms with Crippen LogP contribution in [0.4, 0.5) is 0 Å². The molecular weight excluding hydrogens is 307 g/mol. The van der Waals surface area contributed by atoms with E-state index in [0.29, 0.717) is 5.39 Å². The number of unbranched alkanes of at least 4 members (excludes halogenated alkanes) is 4. The normalized spacial score (nSPS) is 11.4. The number of hydrogen-bond donors (Lipinski definition) is 0. The van der Waals surface area contributed by atoms with Crippen molar-refractivity contribution in [3.8, 4) is 0 Å². The standard InChI is InChI=1S/C17H22O3S.Na/c1-2-3-4-5-6-9-14-12-13-17(21(18,19)20)16-11-8-7-10-15(14)16;/h7-8,10-13H,2-6,9H2,1H3,(H,18,19,20);/q;+1/p-1. The van der Waals surface area contributed by atoms with Gasteiger partial charge in [0, 0.05) is 0 Å². The summed E-state index contributed by atoms with van der Waals surface area (Å²) >= 11 is 0. The number of aryl methyl sites for hydroxylation is 1. The molecule has 2 aromatic rings. The molecule has 3 nitrogen and oxygen atoms in total. The van der Waals surface area contributed by atoms with Crippen molar-refractivity contribution in [1.29, 1.82) is 0 Å². The predicted octanol–water partition coefficient (Wildman–Crippen LogP) is 1.26. The van der Waals surface area contributed by atoms with Gasteiger partial charge in [-0.05, 0) is 35.2 Å². The molecule has 5 heteroatoms. The summed E-state index contributed by atoms with van der Waals surface area (Å²) in [6.07, 6.45) is 6.91. The van der Waals surface area contributed by atoms with E-state index in [-0.39, 0.29) is 34.5 Å². The zero-order chi connectivity index (χ0) is 15.3. The molecule has 0 saturated carbocycles. The minimum atomic E-state index is -4.43. The van der Waals surface area contributed by atoms with Crippen LogP contribution in [0.1, 0.15) is 44.6 Å². The minimum Gasteiger partial charge on any atom is -0.744 e. The third kappa shape index (κ3) is 5.07. The quantitative estimate of drug-likeness (QED) is 0.437. The molecular formula is C17H21NaO3S. The molecule has 2 rings (SSSR count). The summed E-state index contributed by atoms with van der Waals surface area (Å²) in [5, 5.41) is 1.42. The molecule has 114 valence electrons. The van der Waals surface area contributed by atoms with Gasteiger partial charge in [-0.1, -0.05) is 62.9 Å². The van der Waals surface area contributed by atoms with Crippen LogP contribution in [-0.4, -0.2) is 13.0 Å². The average molecular weight is 328 g/mol. The fourth-order valence-corrected chi connectivity index (χ4v) is 3.37. The second-order valence-electron chi connectivity index (χ2n) is 5.39. The number of hydrogen-bond acceptors (Lipinski definition) is 3. The van der Waals surface area contributed by atoms with Crippen LogP contribution in [-0.2, 0) is 16.5 Å². The van der Waals surface area contributed by atoms with Crippen LogP contribution in [0.15, 0.2) is 41.3 Å². The fraction of sp³-hybridized carbons (Fsp3) is 0.412. The monoisotopic (exact) mass is 328 g/mol. The van der Waals surface area contributed by atoms with Crippen molar-refractivity contribution in [1.82, 2.24) is 0 Å². The van der Waals surface area contributed by atoms with Gasteiger partial charge < -0.3 is 4.55 Å². The molecule has 2 aromatic carbocycles. The Bertz CT molecular complexity index is 711. The van der Waals surface area contributed by atoms with Crippen molar-refractivity contribution in [2.45, 2.75) is 50.3 Å². The van der Waals surface area contributed by atoms with Gasteiger partial charge in [-0.15, -0.1) is 0 Å². The van der Waals surface area contributed by atoms with Crippen molar-refractivity contribution in [3.63, 3.8) is 0 Å². The van der Waals surface area contributed by atoms with E-state index in [4.69, 9.17) is 0 Å². The molecule has 0 atom stereocenters. The Labute approximate surface area is 155 Å². The first-order chi connectivity index (χ1) is 10.0. The molecule has 0 aromatic heterocycles. The first-order valence-corrected chi connectivity index (χ1v) is 8.91. The summed E-state index contributed by atoms with van der Waals surface area (Å²) in [4.78, 5) is -0.118. The van der Waals surface area contributed by atoms with Gasteiger partial charge in [0.05, 0.1) is 4.90 Å². The Morgan fingerprint density at radius 2 is 1.55 bits per heavy atom. The zero-order valence-corrected chi connectivity index (χ0v) is 16.2. The first kappa shape index (κ1) is 19.7. The van der Waals surface area contributed by atoms with Gasteiger partial charge in [-0.3, -0.25) is 0 Å². The van der Waals surface area contributed by atoms with E-state index < -0.39 is 10.1 Å². The van der Waals surface area contributed by atoms with Crippen molar-refractivity contribution in [2.24, 2.45) is 0 Å². The van der Waals surface area contributed by atoms with Gasteiger partial charge in [0.2, 0.25) is 0 Å². The molecule has 0 saturated heterocycles. The SMILES string of the molecule is CCCCCCCc1ccc(S(=O)(=O)[O-])c2ccccc12.[Na+]. The van der Waals surface area contributed by atoms with Crippen molar-refractivity contribution in [2.75, 3.05) is 0 Å². The fourth-order valence-electron chi connectivity index (χ4n) is 2.69. The van der Waals surface area contributed by atoms with E-state index in [0.717, 1.165) is 23.8 Å². The zero-order valence-electron chi connectivity index (χ0n) is 13.3. The second-order valence-corrected chi connectivity index (χ2v) is 6.73. The van der Waals surface area contributed by atoms with Gasteiger partial charge in [-0.25, -0.2) is 8.42 Å². The third-order valence-electron chi connectivity index (χ3n) is 3.79. The maximum atomic E-state index is 11.3. The molecule has 0 spiro atoms. The average Bonchev–Trinajstić information content (AvgIpc) is 2.45. The summed E-state index contributed by atoms with van der Waals surface area (Å²) in [7, 11) is -4.43. The Hall–Kier alpha value is -0.390. The van der Waals surface area contributed by atoms with Crippen molar-refractivity contribution >= 4 is 20.9 Å². The molecule has 22 heavy (non-hydrogen) atoms. The Balaban J connectivity index is 0.00000242. The summed E-state index contributed by atoms with van der Waals surface area (Å²) in [5.41, 5.74) is 1.12. The summed E-state index contributed by atoms with van der Waals surface area (Å²) < 4.78 is 34.0. The molecule has 0 heterocycles. The van der Waals surface area contributed by atoms with Gasteiger partial charge in [0.15, 0.2) is 0 Å². The predicted molar refractivity (Wildman–Crippen MR) is 84.4 cm³/mol. The van der Waals surface area contributed by atoms with Crippen LogP contribution in [0.2, 0.25) is 0 Å². The van der Waals surface area contributed by atoms with Gasteiger partial charge >= 0.3 is 29.6 Å². The molecule has 0 aliphatic heterocycles. The maximum absolute atomic E-state index is 11.3. The summed E-state index contributed by atoms with van der Waals surface area (Å²) in [6, 6.07) is 10.5. The Morgan fingerprint density at radius 3 is 2.18 bits per heavy atom. The molecule has 0 bridgehead atoms. The van der Waals surface area contributed by atoms with Crippen LogP contribution in [0.25, 0.3) is 10.8 Å². The number of fused-ring (bicyclic) bond motifs is 1. The number of benzene rings is 2. The Morgan fingerprint density at radius 1 is 0.909 bits per heavy atom. The molecule has 0 unspecified atom stereocenters. The summed E-state index contributed by atoms with van der Waals surface area (Å²) in [6.45, 7) is 2.19. The van der Waals surface area contributed by atoms with Crippen LogP contribution in [0.5, 0.6) is 0 Å². The van der Waals surface area contributed by atoms with Gasteiger partial charge in [-0.2, -0.15) is 0 Å².